The van der Waals surface area contributed by atoms with Crippen molar-refractivity contribution in [3.05, 3.63) is 46.2 Å². The zero-order valence-electron chi connectivity index (χ0n) is 9.73. The van der Waals surface area contributed by atoms with E-state index in [1.807, 2.05) is 22.9 Å². The zero-order chi connectivity index (χ0) is 12.3. The molecule has 0 spiro atoms. The molecule has 0 aliphatic carbocycles. The van der Waals surface area contributed by atoms with E-state index < -0.39 is 0 Å². The molecule has 0 fully saturated rings. The highest BCUT2D eigenvalue weighted by atomic mass is 79.9. The van der Waals surface area contributed by atoms with Crippen LogP contribution in [0.1, 0.15) is 11.4 Å². The molecule has 0 radical (unpaired) electrons. The van der Waals surface area contributed by atoms with E-state index in [9.17, 15) is 0 Å². The van der Waals surface area contributed by atoms with E-state index in [0.717, 1.165) is 34.5 Å². The van der Waals surface area contributed by atoms with Gasteiger partial charge in [-0.3, -0.25) is 0 Å². The van der Waals surface area contributed by atoms with Crippen LogP contribution in [0.2, 0.25) is 0 Å². The number of halogens is 1. The van der Waals surface area contributed by atoms with Gasteiger partial charge in [-0.15, -0.1) is 0 Å². The average Bonchev–Trinajstić information content (AvgIpc) is 2.68. The van der Waals surface area contributed by atoms with Crippen molar-refractivity contribution < 1.29 is 0 Å². The quantitative estimate of drug-likeness (QED) is 0.796. The smallest absolute Gasteiger partial charge is 0.0660 e. The Hall–Kier alpha value is -1.42. The van der Waals surface area contributed by atoms with Gasteiger partial charge in [0.1, 0.15) is 0 Å². The summed E-state index contributed by atoms with van der Waals surface area (Å²) in [6.45, 7) is 6.26. The summed E-state index contributed by atoms with van der Waals surface area (Å²) in [6, 6.07) is 10.2. The molecule has 0 saturated heterocycles. The van der Waals surface area contributed by atoms with Gasteiger partial charge in [0.25, 0.3) is 0 Å². The third-order valence-corrected chi connectivity index (χ3v) is 3.01. The van der Waals surface area contributed by atoms with Gasteiger partial charge in [0.2, 0.25) is 0 Å². The Bertz CT molecular complexity index is 531. The number of aliphatic imine (C=N–C) groups is 1. The van der Waals surface area contributed by atoms with Crippen LogP contribution in [-0.2, 0) is 6.42 Å². The van der Waals surface area contributed by atoms with Crippen LogP contribution in [0, 0.1) is 6.92 Å². The first-order chi connectivity index (χ1) is 8.20. The van der Waals surface area contributed by atoms with E-state index in [0.29, 0.717) is 0 Å². The SMILES string of the molecule is C=NCCc1cc(C)n(-c2cccc(Br)c2)n1. The molecule has 17 heavy (non-hydrogen) atoms. The number of aryl methyl sites for hydroxylation is 1. The van der Waals surface area contributed by atoms with E-state index in [1.54, 1.807) is 0 Å². The van der Waals surface area contributed by atoms with Crippen LogP contribution in [0.5, 0.6) is 0 Å². The number of rotatable bonds is 4. The Morgan fingerprint density at radius 2 is 2.24 bits per heavy atom. The third-order valence-electron chi connectivity index (χ3n) is 2.52. The standard InChI is InChI=1S/C13H14BrN3/c1-10-8-12(6-7-15-2)16-17(10)13-5-3-4-11(14)9-13/h3-5,8-9H,2,6-7H2,1H3. The fraction of sp³-hybridized carbons (Fsp3) is 0.231. The van der Waals surface area contributed by atoms with Crippen LogP contribution < -0.4 is 0 Å². The summed E-state index contributed by atoms with van der Waals surface area (Å²) in [7, 11) is 0. The molecule has 1 heterocycles. The molecule has 4 heteroatoms. The molecule has 2 rings (SSSR count). The molecular weight excluding hydrogens is 278 g/mol. The summed E-state index contributed by atoms with van der Waals surface area (Å²) in [5.41, 5.74) is 3.24. The zero-order valence-corrected chi connectivity index (χ0v) is 11.3. The van der Waals surface area contributed by atoms with Crippen molar-refractivity contribution in [2.45, 2.75) is 13.3 Å². The average molecular weight is 292 g/mol. The molecule has 2 aromatic rings. The number of hydrogen-bond donors (Lipinski definition) is 0. The van der Waals surface area contributed by atoms with Gasteiger partial charge in [0.05, 0.1) is 11.4 Å². The summed E-state index contributed by atoms with van der Waals surface area (Å²) < 4.78 is 3.00. The minimum Gasteiger partial charge on any atom is -0.301 e. The summed E-state index contributed by atoms with van der Waals surface area (Å²) in [5.74, 6) is 0. The van der Waals surface area contributed by atoms with Crippen LogP contribution >= 0.6 is 15.9 Å². The minimum absolute atomic E-state index is 0.717. The number of hydrogen-bond acceptors (Lipinski definition) is 2. The molecule has 1 aromatic heterocycles. The number of benzene rings is 1. The van der Waals surface area contributed by atoms with Gasteiger partial charge in [-0.25, -0.2) is 4.68 Å². The lowest BCUT2D eigenvalue weighted by molar-refractivity contribution is 0.805. The lowest BCUT2D eigenvalue weighted by atomic mass is 10.3. The van der Waals surface area contributed by atoms with Crippen LogP contribution in [0.15, 0.2) is 39.8 Å². The van der Waals surface area contributed by atoms with Crippen molar-refractivity contribution in [3.8, 4) is 5.69 Å². The van der Waals surface area contributed by atoms with Gasteiger partial charge in [-0.2, -0.15) is 5.10 Å². The van der Waals surface area contributed by atoms with Gasteiger partial charge >= 0.3 is 0 Å². The van der Waals surface area contributed by atoms with Crippen molar-refractivity contribution >= 4 is 22.6 Å². The van der Waals surface area contributed by atoms with E-state index in [2.05, 4.69) is 51.8 Å². The second kappa shape index (κ2) is 5.27. The molecule has 3 nitrogen and oxygen atoms in total. The summed E-state index contributed by atoms with van der Waals surface area (Å²) in [5, 5.41) is 4.57. The van der Waals surface area contributed by atoms with Crippen molar-refractivity contribution in [3.63, 3.8) is 0 Å². The highest BCUT2D eigenvalue weighted by Crippen LogP contribution is 2.17. The van der Waals surface area contributed by atoms with Crippen LogP contribution in [0.25, 0.3) is 5.69 Å². The largest absolute Gasteiger partial charge is 0.301 e. The molecule has 0 unspecified atom stereocenters. The Labute approximate surface area is 109 Å². The lowest BCUT2D eigenvalue weighted by Crippen LogP contribution is -1.99. The van der Waals surface area contributed by atoms with Crippen LogP contribution in [0.3, 0.4) is 0 Å². The normalized spacial score (nSPS) is 10.5. The van der Waals surface area contributed by atoms with Gasteiger partial charge < -0.3 is 4.99 Å². The highest BCUT2D eigenvalue weighted by molar-refractivity contribution is 9.10. The first-order valence-electron chi connectivity index (χ1n) is 5.44. The molecule has 1 aromatic carbocycles. The molecule has 0 aliphatic rings. The maximum Gasteiger partial charge on any atom is 0.0660 e. The fourth-order valence-electron chi connectivity index (χ4n) is 1.72. The molecule has 0 amide bonds. The van der Waals surface area contributed by atoms with E-state index in [1.165, 1.54) is 0 Å². The maximum atomic E-state index is 4.57. The Morgan fingerprint density at radius 3 is 2.94 bits per heavy atom. The summed E-state index contributed by atoms with van der Waals surface area (Å²) in [4.78, 5) is 3.85. The third kappa shape index (κ3) is 2.82. The monoisotopic (exact) mass is 291 g/mol. The Kier molecular flexibility index (Phi) is 3.74. The van der Waals surface area contributed by atoms with Crippen molar-refractivity contribution in [1.82, 2.24) is 9.78 Å². The van der Waals surface area contributed by atoms with Crippen LogP contribution in [0.4, 0.5) is 0 Å². The summed E-state index contributed by atoms with van der Waals surface area (Å²) in [6.07, 6.45) is 0.839. The highest BCUT2D eigenvalue weighted by Gasteiger charge is 2.05. The Balaban J connectivity index is 2.32. The fourth-order valence-corrected chi connectivity index (χ4v) is 2.11. The van der Waals surface area contributed by atoms with Gasteiger partial charge in [0.15, 0.2) is 0 Å². The first kappa shape index (κ1) is 12.0. The lowest BCUT2D eigenvalue weighted by Gasteiger charge is -2.04. The van der Waals surface area contributed by atoms with Crippen molar-refractivity contribution in [2.24, 2.45) is 4.99 Å². The predicted molar refractivity (Wildman–Crippen MR) is 74.1 cm³/mol. The Morgan fingerprint density at radius 1 is 1.41 bits per heavy atom. The van der Waals surface area contributed by atoms with E-state index in [-0.39, 0.29) is 0 Å². The van der Waals surface area contributed by atoms with Gasteiger partial charge in [-0.1, -0.05) is 22.0 Å². The molecule has 0 aliphatic heterocycles. The second-order valence-electron chi connectivity index (χ2n) is 3.87. The first-order valence-corrected chi connectivity index (χ1v) is 6.24. The number of aromatic nitrogens is 2. The molecule has 0 saturated carbocycles. The van der Waals surface area contributed by atoms with Crippen LogP contribution in [-0.4, -0.2) is 23.0 Å². The topological polar surface area (TPSA) is 30.2 Å². The maximum absolute atomic E-state index is 4.57. The predicted octanol–water partition coefficient (Wildman–Crippen LogP) is 3.19. The van der Waals surface area contributed by atoms with E-state index in [4.69, 9.17) is 0 Å². The molecular formula is C13H14BrN3. The minimum atomic E-state index is 0.717. The van der Waals surface area contributed by atoms with Gasteiger partial charge in [-0.05, 0) is 37.9 Å². The molecule has 0 atom stereocenters. The van der Waals surface area contributed by atoms with E-state index >= 15 is 0 Å². The molecule has 0 bridgehead atoms. The number of nitrogens with zero attached hydrogens (tertiary/aromatic N) is 3. The summed E-state index contributed by atoms with van der Waals surface area (Å²) >= 11 is 3.47. The molecule has 88 valence electrons. The van der Waals surface area contributed by atoms with Gasteiger partial charge in [0, 0.05) is 23.1 Å². The van der Waals surface area contributed by atoms with Crippen molar-refractivity contribution in [1.29, 1.82) is 0 Å². The molecule has 0 N–H and O–H groups in total. The van der Waals surface area contributed by atoms with Crippen molar-refractivity contribution in [2.75, 3.05) is 6.54 Å². The second-order valence-corrected chi connectivity index (χ2v) is 4.78.